The maximum absolute atomic E-state index is 11.0. The monoisotopic (exact) mass is 290 g/mol. The molecule has 114 valence electrons. The first-order chi connectivity index (χ1) is 9.43. The van der Waals surface area contributed by atoms with Gasteiger partial charge in [-0.05, 0) is 13.0 Å². The van der Waals surface area contributed by atoms with Gasteiger partial charge in [-0.15, -0.1) is 0 Å². The van der Waals surface area contributed by atoms with Crippen molar-refractivity contribution in [2.45, 2.75) is 49.8 Å². The summed E-state index contributed by atoms with van der Waals surface area (Å²) in [6.07, 6.45) is -5.31. The maximum Gasteiger partial charge on any atom is 0.330 e. The highest BCUT2D eigenvalue weighted by atomic mass is 16.7. The molecule has 1 saturated heterocycles. The van der Waals surface area contributed by atoms with Crippen LogP contribution in [0.15, 0.2) is 12.2 Å². The highest BCUT2D eigenvalue weighted by Gasteiger charge is 2.45. The van der Waals surface area contributed by atoms with Crippen molar-refractivity contribution in [2.75, 3.05) is 6.61 Å². The lowest BCUT2D eigenvalue weighted by Gasteiger charge is -2.41. The average molecular weight is 290 g/mol. The standard InChI is InChI=1S/C12H18O8/c1-5-6(2-3-8(14)18-5)19-12-11(17)10(16)9(15)7(4-13)20-12/h2-3,5-7,9-13,15-17H,4H2,1H3/t5-,6+,7+,9+,10-,11+,12+/m0/s1. The Bertz CT molecular complexity index is 382. The van der Waals surface area contributed by atoms with Gasteiger partial charge in [0.15, 0.2) is 6.29 Å². The zero-order valence-electron chi connectivity index (χ0n) is 10.8. The summed E-state index contributed by atoms with van der Waals surface area (Å²) in [7, 11) is 0. The second kappa shape index (κ2) is 6.17. The number of hydrogen-bond acceptors (Lipinski definition) is 8. The molecule has 8 nitrogen and oxygen atoms in total. The van der Waals surface area contributed by atoms with E-state index in [9.17, 15) is 20.1 Å². The first kappa shape index (κ1) is 15.4. The highest BCUT2D eigenvalue weighted by molar-refractivity contribution is 5.83. The normalized spacial score (nSPS) is 45.2. The van der Waals surface area contributed by atoms with Crippen LogP contribution in [-0.4, -0.2) is 75.9 Å². The van der Waals surface area contributed by atoms with Crippen LogP contribution >= 0.6 is 0 Å². The van der Waals surface area contributed by atoms with Crippen LogP contribution < -0.4 is 0 Å². The van der Waals surface area contributed by atoms with Crippen molar-refractivity contribution in [2.24, 2.45) is 0 Å². The number of aliphatic hydroxyl groups is 4. The second-order valence-corrected chi connectivity index (χ2v) is 4.80. The van der Waals surface area contributed by atoms with Gasteiger partial charge in [0, 0.05) is 6.08 Å². The molecule has 20 heavy (non-hydrogen) atoms. The van der Waals surface area contributed by atoms with E-state index < -0.39 is 55.5 Å². The van der Waals surface area contributed by atoms with Gasteiger partial charge in [0.25, 0.3) is 0 Å². The minimum Gasteiger partial charge on any atom is -0.456 e. The summed E-state index contributed by atoms with van der Waals surface area (Å²) in [6.45, 7) is 1.08. The van der Waals surface area contributed by atoms with Gasteiger partial charge in [-0.2, -0.15) is 0 Å². The lowest BCUT2D eigenvalue weighted by Crippen LogP contribution is -2.60. The summed E-state index contributed by atoms with van der Waals surface area (Å²) in [5, 5.41) is 38.1. The maximum atomic E-state index is 11.0. The van der Waals surface area contributed by atoms with Crippen molar-refractivity contribution in [3.8, 4) is 0 Å². The van der Waals surface area contributed by atoms with E-state index in [1.54, 1.807) is 6.92 Å². The lowest BCUT2D eigenvalue weighted by molar-refractivity contribution is -0.312. The van der Waals surface area contributed by atoms with Gasteiger partial charge < -0.3 is 34.6 Å². The highest BCUT2D eigenvalue weighted by Crippen LogP contribution is 2.25. The number of ether oxygens (including phenoxy) is 3. The van der Waals surface area contributed by atoms with Crippen molar-refractivity contribution in [1.82, 2.24) is 0 Å². The number of aliphatic hydroxyl groups excluding tert-OH is 4. The van der Waals surface area contributed by atoms with Gasteiger partial charge in [-0.3, -0.25) is 0 Å². The van der Waals surface area contributed by atoms with Crippen LogP contribution in [0.25, 0.3) is 0 Å². The Morgan fingerprint density at radius 3 is 2.55 bits per heavy atom. The fourth-order valence-corrected chi connectivity index (χ4v) is 2.11. The average Bonchev–Trinajstić information content (AvgIpc) is 2.42. The van der Waals surface area contributed by atoms with E-state index in [2.05, 4.69) is 0 Å². The predicted octanol–water partition coefficient (Wildman–Crippen LogP) is -2.33. The predicted molar refractivity (Wildman–Crippen MR) is 63.3 cm³/mol. The van der Waals surface area contributed by atoms with Crippen LogP contribution in [0.3, 0.4) is 0 Å². The quantitative estimate of drug-likeness (QED) is 0.427. The first-order valence-corrected chi connectivity index (χ1v) is 6.29. The molecule has 0 spiro atoms. The van der Waals surface area contributed by atoms with Crippen LogP contribution in [0.2, 0.25) is 0 Å². The number of carbonyl (C=O) groups is 1. The van der Waals surface area contributed by atoms with E-state index in [0.717, 1.165) is 0 Å². The molecule has 0 amide bonds. The minimum atomic E-state index is -1.50. The zero-order valence-corrected chi connectivity index (χ0v) is 10.8. The Morgan fingerprint density at radius 1 is 1.25 bits per heavy atom. The third kappa shape index (κ3) is 3.00. The molecule has 8 heteroatoms. The molecule has 0 saturated carbocycles. The Morgan fingerprint density at radius 2 is 1.95 bits per heavy atom. The SMILES string of the molecule is C[C@@H]1OC(=O)C=C[C@H]1O[C@@H]1O[C@H](CO)[C@@H](O)[C@H](O)[C@H]1O. The number of cyclic esters (lactones) is 1. The zero-order chi connectivity index (χ0) is 14.9. The van der Waals surface area contributed by atoms with Crippen LogP contribution in [-0.2, 0) is 19.0 Å². The third-order valence-corrected chi connectivity index (χ3v) is 3.33. The molecule has 2 aliphatic rings. The van der Waals surface area contributed by atoms with E-state index in [1.807, 2.05) is 0 Å². The summed E-state index contributed by atoms with van der Waals surface area (Å²) >= 11 is 0. The fraction of sp³-hybridized carbons (Fsp3) is 0.750. The number of esters is 1. The Kier molecular flexibility index (Phi) is 4.74. The molecule has 0 unspecified atom stereocenters. The summed E-state index contributed by atoms with van der Waals surface area (Å²) < 4.78 is 15.6. The molecule has 0 aliphatic carbocycles. The molecule has 0 aromatic heterocycles. The molecule has 2 rings (SSSR count). The molecule has 7 atom stereocenters. The van der Waals surface area contributed by atoms with Gasteiger partial charge in [-0.1, -0.05) is 0 Å². The summed E-state index contributed by atoms with van der Waals surface area (Å²) in [6, 6.07) is 0. The van der Waals surface area contributed by atoms with Gasteiger partial charge in [0.05, 0.1) is 6.61 Å². The Balaban J connectivity index is 2.04. The molecular weight excluding hydrogens is 272 g/mol. The number of carbonyl (C=O) groups excluding carboxylic acids is 1. The Hall–Kier alpha value is -1.03. The summed E-state index contributed by atoms with van der Waals surface area (Å²) in [5.41, 5.74) is 0. The molecule has 0 bridgehead atoms. The smallest absolute Gasteiger partial charge is 0.330 e. The molecule has 4 N–H and O–H groups in total. The topological polar surface area (TPSA) is 126 Å². The minimum absolute atomic E-state index is 0.494. The first-order valence-electron chi connectivity index (χ1n) is 6.29. The molecular formula is C12H18O8. The lowest BCUT2D eigenvalue weighted by atomic mass is 9.99. The van der Waals surface area contributed by atoms with Crippen molar-refractivity contribution in [3.05, 3.63) is 12.2 Å². The molecule has 0 aromatic carbocycles. The van der Waals surface area contributed by atoms with Gasteiger partial charge in [-0.25, -0.2) is 4.79 Å². The third-order valence-electron chi connectivity index (χ3n) is 3.33. The van der Waals surface area contributed by atoms with E-state index in [0.29, 0.717) is 0 Å². The van der Waals surface area contributed by atoms with Gasteiger partial charge in [0.2, 0.25) is 0 Å². The number of hydrogen-bond donors (Lipinski definition) is 4. The van der Waals surface area contributed by atoms with Crippen molar-refractivity contribution in [1.29, 1.82) is 0 Å². The molecule has 0 aromatic rings. The summed E-state index contributed by atoms with van der Waals surface area (Å²) in [5.74, 6) is -0.494. The van der Waals surface area contributed by atoms with Crippen LogP contribution in [0.4, 0.5) is 0 Å². The van der Waals surface area contributed by atoms with E-state index >= 15 is 0 Å². The molecule has 2 heterocycles. The Labute approximate surface area is 115 Å². The second-order valence-electron chi connectivity index (χ2n) is 4.80. The van der Waals surface area contributed by atoms with Gasteiger partial charge in [0.1, 0.15) is 36.6 Å². The number of rotatable bonds is 3. The van der Waals surface area contributed by atoms with Crippen LogP contribution in [0.5, 0.6) is 0 Å². The van der Waals surface area contributed by atoms with E-state index in [-0.39, 0.29) is 0 Å². The van der Waals surface area contributed by atoms with Crippen molar-refractivity contribution < 1.29 is 39.4 Å². The fourth-order valence-electron chi connectivity index (χ4n) is 2.11. The van der Waals surface area contributed by atoms with Crippen LogP contribution in [0.1, 0.15) is 6.92 Å². The van der Waals surface area contributed by atoms with Gasteiger partial charge >= 0.3 is 5.97 Å². The van der Waals surface area contributed by atoms with E-state index in [4.69, 9.17) is 19.3 Å². The van der Waals surface area contributed by atoms with E-state index in [1.165, 1.54) is 12.2 Å². The van der Waals surface area contributed by atoms with Crippen molar-refractivity contribution >= 4 is 5.97 Å². The molecule has 0 radical (unpaired) electrons. The van der Waals surface area contributed by atoms with Crippen LogP contribution in [0, 0.1) is 0 Å². The molecule has 1 fully saturated rings. The molecule has 2 aliphatic heterocycles. The largest absolute Gasteiger partial charge is 0.456 e. The van der Waals surface area contributed by atoms with Crippen molar-refractivity contribution in [3.63, 3.8) is 0 Å². The summed E-state index contributed by atoms with van der Waals surface area (Å²) in [4.78, 5) is 11.0.